The largest absolute Gasteiger partial charge is 0.396 e. The van der Waals surface area contributed by atoms with E-state index in [0.29, 0.717) is 6.42 Å². The molecule has 23 heavy (non-hydrogen) atoms. The number of nitro groups is 1. The smallest absolute Gasteiger partial charge is 0.269 e. The molecule has 5 heteroatoms. The van der Waals surface area contributed by atoms with E-state index in [9.17, 15) is 15.2 Å². The molecule has 0 bridgehead atoms. The third-order valence-corrected chi connectivity index (χ3v) is 4.20. The van der Waals surface area contributed by atoms with Gasteiger partial charge in [0.1, 0.15) is 0 Å². The zero-order chi connectivity index (χ0) is 16.4. The Morgan fingerprint density at radius 1 is 1.22 bits per heavy atom. The number of hydrogen-bond donors (Lipinski definition) is 1. The van der Waals surface area contributed by atoms with Crippen LogP contribution in [0.2, 0.25) is 0 Å². The van der Waals surface area contributed by atoms with Crippen molar-refractivity contribution in [3.8, 4) is 0 Å². The highest BCUT2D eigenvalue weighted by Gasteiger charge is 2.20. The molecule has 0 aliphatic heterocycles. The van der Waals surface area contributed by atoms with Crippen molar-refractivity contribution < 1.29 is 10.0 Å². The van der Waals surface area contributed by atoms with E-state index in [1.54, 1.807) is 12.1 Å². The Hall–Kier alpha value is -2.66. The van der Waals surface area contributed by atoms with Crippen molar-refractivity contribution in [1.82, 2.24) is 4.57 Å². The summed E-state index contributed by atoms with van der Waals surface area (Å²) in [4.78, 5) is 10.7. The van der Waals surface area contributed by atoms with Gasteiger partial charge in [0.05, 0.1) is 4.92 Å². The van der Waals surface area contributed by atoms with E-state index in [1.807, 2.05) is 48.1 Å². The zero-order valence-electron chi connectivity index (χ0n) is 12.8. The van der Waals surface area contributed by atoms with Crippen molar-refractivity contribution in [3.63, 3.8) is 0 Å². The van der Waals surface area contributed by atoms with Gasteiger partial charge in [0.2, 0.25) is 0 Å². The van der Waals surface area contributed by atoms with Crippen LogP contribution in [0.25, 0.3) is 10.9 Å². The third-order valence-electron chi connectivity index (χ3n) is 4.20. The topological polar surface area (TPSA) is 68.3 Å². The number of hydrogen-bond acceptors (Lipinski definition) is 3. The standard InChI is InChI=1S/C18H18N2O3/c1-19-12-17(16-7-2-3-8-18(16)19)15(9-10-21)13-5-4-6-14(11-13)20(22)23/h2-8,11-12,15,21H,9-10H2,1H3. The summed E-state index contributed by atoms with van der Waals surface area (Å²) in [6, 6.07) is 14.7. The molecule has 0 spiro atoms. The molecule has 0 aliphatic rings. The number of aliphatic hydroxyl groups is 1. The Labute approximate surface area is 133 Å². The van der Waals surface area contributed by atoms with Crippen LogP contribution >= 0.6 is 0 Å². The van der Waals surface area contributed by atoms with Gasteiger partial charge in [0, 0.05) is 48.8 Å². The minimum Gasteiger partial charge on any atom is -0.396 e. The minimum atomic E-state index is -0.386. The van der Waals surface area contributed by atoms with Crippen LogP contribution in [0, 0.1) is 10.1 Å². The molecule has 3 aromatic rings. The van der Waals surface area contributed by atoms with E-state index in [1.165, 1.54) is 6.07 Å². The molecule has 3 rings (SSSR count). The van der Waals surface area contributed by atoms with Crippen LogP contribution in [-0.2, 0) is 7.05 Å². The summed E-state index contributed by atoms with van der Waals surface area (Å²) in [5.41, 5.74) is 3.11. The van der Waals surface area contributed by atoms with Crippen LogP contribution < -0.4 is 0 Å². The molecule has 0 fully saturated rings. The summed E-state index contributed by atoms with van der Waals surface area (Å²) in [7, 11) is 1.98. The predicted octanol–water partition coefficient (Wildman–Crippen LogP) is 3.60. The van der Waals surface area contributed by atoms with Crippen LogP contribution in [0.1, 0.15) is 23.5 Å². The monoisotopic (exact) mass is 310 g/mol. The lowest BCUT2D eigenvalue weighted by Gasteiger charge is -2.16. The number of para-hydroxylation sites is 1. The van der Waals surface area contributed by atoms with Gasteiger partial charge in [-0.2, -0.15) is 0 Å². The maximum Gasteiger partial charge on any atom is 0.269 e. The summed E-state index contributed by atoms with van der Waals surface area (Å²) < 4.78 is 2.05. The quantitative estimate of drug-likeness (QED) is 0.578. The number of aliphatic hydroxyl groups excluding tert-OH is 1. The molecule has 1 N–H and O–H groups in total. The van der Waals surface area contributed by atoms with Gasteiger partial charge in [-0.15, -0.1) is 0 Å². The number of nitro benzene ring substituents is 1. The molecule has 2 aromatic carbocycles. The molecule has 0 aliphatic carbocycles. The first kappa shape index (κ1) is 15.2. The summed E-state index contributed by atoms with van der Waals surface area (Å²) in [5.74, 6) is -0.0778. The molecule has 1 atom stereocenters. The fourth-order valence-corrected chi connectivity index (χ4v) is 3.14. The minimum absolute atomic E-state index is 0.0244. The van der Waals surface area contributed by atoms with Crippen molar-refractivity contribution >= 4 is 16.6 Å². The van der Waals surface area contributed by atoms with Gasteiger partial charge in [-0.3, -0.25) is 10.1 Å². The van der Waals surface area contributed by atoms with Gasteiger partial charge >= 0.3 is 0 Å². The molecule has 0 radical (unpaired) electrons. The van der Waals surface area contributed by atoms with Crippen LogP contribution in [0.3, 0.4) is 0 Å². The maximum absolute atomic E-state index is 11.0. The molecule has 118 valence electrons. The van der Waals surface area contributed by atoms with Gasteiger partial charge in [-0.25, -0.2) is 0 Å². The molecular weight excluding hydrogens is 292 g/mol. The first-order valence-corrected chi connectivity index (χ1v) is 7.51. The highest BCUT2D eigenvalue weighted by atomic mass is 16.6. The third kappa shape index (κ3) is 2.83. The Morgan fingerprint density at radius 2 is 2.00 bits per heavy atom. The van der Waals surface area contributed by atoms with Crippen LogP contribution in [0.5, 0.6) is 0 Å². The number of aryl methyl sites for hydroxylation is 1. The average Bonchev–Trinajstić information content (AvgIpc) is 2.90. The van der Waals surface area contributed by atoms with Crippen molar-refractivity contribution in [2.75, 3.05) is 6.61 Å². The fraction of sp³-hybridized carbons (Fsp3) is 0.222. The van der Waals surface area contributed by atoms with Crippen LogP contribution in [0.4, 0.5) is 5.69 Å². The molecular formula is C18H18N2O3. The number of fused-ring (bicyclic) bond motifs is 1. The highest BCUT2D eigenvalue weighted by Crippen LogP contribution is 2.35. The fourth-order valence-electron chi connectivity index (χ4n) is 3.14. The van der Waals surface area contributed by atoms with E-state index in [2.05, 4.69) is 0 Å². The van der Waals surface area contributed by atoms with Crippen LogP contribution in [-0.4, -0.2) is 21.2 Å². The second-order valence-electron chi connectivity index (χ2n) is 5.63. The second kappa shape index (κ2) is 6.22. The SMILES string of the molecule is Cn1cc(C(CCO)c2cccc([N+](=O)[O-])c2)c2ccccc21. The summed E-state index contributed by atoms with van der Waals surface area (Å²) in [6.45, 7) is 0.0244. The first-order valence-electron chi connectivity index (χ1n) is 7.51. The lowest BCUT2D eigenvalue weighted by atomic mass is 9.88. The molecule has 1 aromatic heterocycles. The zero-order valence-corrected chi connectivity index (χ0v) is 12.8. The van der Waals surface area contributed by atoms with Crippen molar-refractivity contribution in [1.29, 1.82) is 0 Å². The van der Waals surface area contributed by atoms with E-state index in [0.717, 1.165) is 22.0 Å². The van der Waals surface area contributed by atoms with Crippen molar-refractivity contribution in [2.45, 2.75) is 12.3 Å². The normalized spacial score (nSPS) is 12.4. The van der Waals surface area contributed by atoms with E-state index in [4.69, 9.17) is 0 Å². The molecule has 0 amide bonds. The average molecular weight is 310 g/mol. The number of rotatable bonds is 5. The second-order valence-corrected chi connectivity index (χ2v) is 5.63. The number of benzene rings is 2. The summed E-state index contributed by atoms with van der Waals surface area (Å²) in [5, 5.41) is 21.6. The van der Waals surface area contributed by atoms with Gasteiger partial charge < -0.3 is 9.67 Å². The number of aromatic nitrogens is 1. The number of nitrogens with zero attached hydrogens (tertiary/aromatic N) is 2. The van der Waals surface area contributed by atoms with Gasteiger partial charge in [-0.1, -0.05) is 30.3 Å². The number of non-ortho nitro benzene ring substituents is 1. The van der Waals surface area contributed by atoms with Crippen molar-refractivity contribution in [2.24, 2.45) is 7.05 Å². The lowest BCUT2D eigenvalue weighted by Crippen LogP contribution is -2.04. The van der Waals surface area contributed by atoms with E-state index >= 15 is 0 Å². The van der Waals surface area contributed by atoms with Crippen LogP contribution in [0.15, 0.2) is 54.7 Å². The molecule has 5 nitrogen and oxygen atoms in total. The maximum atomic E-state index is 11.0. The van der Waals surface area contributed by atoms with E-state index < -0.39 is 0 Å². The van der Waals surface area contributed by atoms with E-state index in [-0.39, 0.29) is 23.1 Å². The Bertz CT molecular complexity index is 854. The van der Waals surface area contributed by atoms with Gasteiger partial charge in [0.15, 0.2) is 0 Å². The summed E-state index contributed by atoms with van der Waals surface area (Å²) >= 11 is 0. The predicted molar refractivity (Wildman–Crippen MR) is 89.6 cm³/mol. The molecule has 0 saturated heterocycles. The van der Waals surface area contributed by atoms with Crippen molar-refractivity contribution in [3.05, 3.63) is 76.0 Å². The van der Waals surface area contributed by atoms with Gasteiger partial charge in [0.25, 0.3) is 5.69 Å². The molecule has 0 saturated carbocycles. The highest BCUT2D eigenvalue weighted by molar-refractivity contribution is 5.85. The first-order chi connectivity index (χ1) is 11.1. The Balaban J connectivity index is 2.14. The molecule has 1 heterocycles. The Morgan fingerprint density at radius 3 is 2.74 bits per heavy atom. The summed E-state index contributed by atoms with van der Waals surface area (Å²) in [6.07, 6.45) is 2.57. The lowest BCUT2D eigenvalue weighted by molar-refractivity contribution is -0.384. The van der Waals surface area contributed by atoms with Gasteiger partial charge in [-0.05, 0) is 23.6 Å². The Kier molecular flexibility index (Phi) is 4.12. The molecule has 1 unspecified atom stereocenters.